The standard InChI is InChI=1S/C25H28ClN3O5S2/c1-16-6-7-18(3)24(14-16)29(35(5,31)32)19(4)25(30)27-20-10-12-22(13-11-20)36(33,34)28-21-9-8-17(2)23(26)15-21/h6-15,19,28H,1-5H3,(H,27,30)/t19-/m0/s1. The lowest BCUT2D eigenvalue weighted by Crippen LogP contribution is -2.45. The van der Waals surface area contributed by atoms with Gasteiger partial charge in [0.2, 0.25) is 15.9 Å². The number of aryl methyl sites for hydroxylation is 3. The maximum atomic E-state index is 13.0. The van der Waals surface area contributed by atoms with Gasteiger partial charge in [-0.25, -0.2) is 16.8 Å². The molecule has 3 rings (SSSR count). The van der Waals surface area contributed by atoms with Crippen LogP contribution in [0.4, 0.5) is 17.1 Å². The van der Waals surface area contributed by atoms with Gasteiger partial charge in [0.25, 0.3) is 10.0 Å². The summed E-state index contributed by atoms with van der Waals surface area (Å²) in [4.78, 5) is 13.0. The van der Waals surface area contributed by atoms with Crippen LogP contribution in [0.2, 0.25) is 5.02 Å². The van der Waals surface area contributed by atoms with E-state index in [0.29, 0.717) is 27.6 Å². The van der Waals surface area contributed by atoms with Crippen LogP contribution in [0, 0.1) is 20.8 Å². The number of nitrogens with zero attached hydrogens (tertiary/aromatic N) is 1. The molecule has 0 radical (unpaired) electrons. The predicted molar refractivity (Wildman–Crippen MR) is 145 cm³/mol. The van der Waals surface area contributed by atoms with Crippen LogP contribution < -0.4 is 14.3 Å². The van der Waals surface area contributed by atoms with Gasteiger partial charge < -0.3 is 5.32 Å². The van der Waals surface area contributed by atoms with Crippen molar-refractivity contribution in [3.63, 3.8) is 0 Å². The van der Waals surface area contributed by atoms with E-state index in [2.05, 4.69) is 10.0 Å². The summed E-state index contributed by atoms with van der Waals surface area (Å²) in [6.07, 6.45) is 1.05. The monoisotopic (exact) mass is 549 g/mol. The van der Waals surface area contributed by atoms with E-state index >= 15 is 0 Å². The van der Waals surface area contributed by atoms with Crippen molar-refractivity contribution >= 4 is 54.6 Å². The van der Waals surface area contributed by atoms with Crippen LogP contribution in [0.25, 0.3) is 0 Å². The molecule has 0 spiro atoms. The minimum Gasteiger partial charge on any atom is -0.324 e. The Balaban J connectivity index is 1.79. The SMILES string of the molecule is Cc1ccc(C)c(N([C@@H](C)C(=O)Nc2ccc(S(=O)(=O)Nc3ccc(C)c(Cl)c3)cc2)S(C)(=O)=O)c1. The minimum absolute atomic E-state index is 0.0154. The van der Waals surface area contributed by atoms with Gasteiger partial charge in [0.1, 0.15) is 6.04 Å². The number of rotatable bonds is 8. The number of carbonyl (C=O) groups excluding carboxylic acids is 1. The van der Waals surface area contributed by atoms with E-state index in [4.69, 9.17) is 11.6 Å². The molecule has 0 aromatic heterocycles. The van der Waals surface area contributed by atoms with Crippen LogP contribution in [0.3, 0.4) is 0 Å². The summed E-state index contributed by atoms with van der Waals surface area (Å²) in [5.74, 6) is -0.565. The Morgan fingerprint density at radius 1 is 0.861 bits per heavy atom. The highest BCUT2D eigenvalue weighted by atomic mass is 35.5. The minimum atomic E-state index is -3.89. The Hall–Kier alpha value is -3.08. The third kappa shape index (κ3) is 6.37. The molecule has 1 atom stereocenters. The first-order valence-corrected chi connectivity index (χ1v) is 14.7. The zero-order valence-corrected chi connectivity index (χ0v) is 22.9. The van der Waals surface area contributed by atoms with Gasteiger partial charge in [-0.05, 0) is 86.8 Å². The highest BCUT2D eigenvalue weighted by Gasteiger charge is 2.30. The molecule has 0 heterocycles. The van der Waals surface area contributed by atoms with Gasteiger partial charge in [-0.1, -0.05) is 29.8 Å². The normalized spacial score (nSPS) is 12.6. The van der Waals surface area contributed by atoms with E-state index in [-0.39, 0.29) is 4.90 Å². The molecule has 8 nitrogen and oxygen atoms in total. The maximum absolute atomic E-state index is 13.0. The predicted octanol–water partition coefficient (Wildman–Crippen LogP) is 4.86. The van der Waals surface area contributed by atoms with E-state index in [1.54, 1.807) is 31.2 Å². The van der Waals surface area contributed by atoms with Gasteiger partial charge in [0.15, 0.2) is 0 Å². The fourth-order valence-corrected chi connectivity index (χ4v) is 6.03. The molecule has 11 heteroatoms. The van der Waals surface area contributed by atoms with E-state index < -0.39 is 32.0 Å². The first kappa shape index (κ1) is 27.5. The molecule has 0 aliphatic heterocycles. The molecule has 0 unspecified atom stereocenters. The second-order valence-electron chi connectivity index (χ2n) is 8.61. The number of hydrogen-bond donors (Lipinski definition) is 2. The molecule has 0 aliphatic carbocycles. The molecule has 0 fully saturated rings. The highest BCUT2D eigenvalue weighted by Crippen LogP contribution is 2.27. The molecular formula is C25H28ClN3O5S2. The number of nitrogens with one attached hydrogen (secondary N) is 2. The van der Waals surface area contributed by atoms with Crippen molar-refractivity contribution in [1.82, 2.24) is 0 Å². The number of hydrogen-bond acceptors (Lipinski definition) is 5. The van der Waals surface area contributed by atoms with E-state index in [1.807, 2.05) is 19.9 Å². The number of sulfonamides is 2. The fraction of sp³-hybridized carbons (Fsp3) is 0.240. The summed E-state index contributed by atoms with van der Waals surface area (Å²) in [5, 5.41) is 3.10. The largest absolute Gasteiger partial charge is 0.324 e. The number of anilines is 3. The van der Waals surface area contributed by atoms with Gasteiger partial charge in [0, 0.05) is 10.7 Å². The second-order valence-corrected chi connectivity index (χ2v) is 12.6. The number of amides is 1. The molecule has 192 valence electrons. The van der Waals surface area contributed by atoms with Crippen molar-refractivity contribution in [2.24, 2.45) is 0 Å². The summed E-state index contributed by atoms with van der Waals surface area (Å²) in [7, 11) is -7.67. The quantitative estimate of drug-likeness (QED) is 0.416. The summed E-state index contributed by atoms with van der Waals surface area (Å²) >= 11 is 6.07. The number of benzene rings is 3. The van der Waals surface area contributed by atoms with Crippen LogP contribution in [0.15, 0.2) is 65.6 Å². The number of carbonyl (C=O) groups is 1. The summed E-state index contributed by atoms with van der Waals surface area (Å²) < 4.78 is 54.2. The van der Waals surface area contributed by atoms with Crippen molar-refractivity contribution in [2.45, 2.75) is 38.6 Å². The Morgan fingerprint density at radius 3 is 2.03 bits per heavy atom. The Morgan fingerprint density at radius 2 is 1.44 bits per heavy atom. The van der Waals surface area contributed by atoms with Crippen molar-refractivity contribution in [3.05, 3.63) is 82.4 Å². The topological polar surface area (TPSA) is 113 Å². The lowest BCUT2D eigenvalue weighted by molar-refractivity contribution is -0.116. The van der Waals surface area contributed by atoms with E-state index in [1.165, 1.54) is 37.3 Å². The lowest BCUT2D eigenvalue weighted by Gasteiger charge is -2.29. The van der Waals surface area contributed by atoms with Gasteiger partial charge in [0.05, 0.1) is 22.5 Å². The maximum Gasteiger partial charge on any atom is 0.261 e. The molecule has 36 heavy (non-hydrogen) atoms. The molecule has 3 aromatic carbocycles. The Bertz CT molecular complexity index is 1510. The molecule has 2 N–H and O–H groups in total. The van der Waals surface area contributed by atoms with Crippen molar-refractivity contribution in [1.29, 1.82) is 0 Å². The van der Waals surface area contributed by atoms with Gasteiger partial charge in [-0.15, -0.1) is 0 Å². The summed E-state index contributed by atoms with van der Waals surface area (Å²) in [6, 6.07) is 14.7. The molecule has 1 amide bonds. The average Bonchev–Trinajstić information content (AvgIpc) is 2.78. The molecule has 3 aromatic rings. The summed E-state index contributed by atoms with van der Waals surface area (Å²) in [5.41, 5.74) is 3.45. The van der Waals surface area contributed by atoms with Gasteiger partial charge >= 0.3 is 0 Å². The molecular weight excluding hydrogens is 522 g/mol. The highest BCUT2D eigenvalue weighted by molar-refractivity contribution is 7.92. The zero-order chi connectivity index (χ0) is 26.8. The first-order valence-electron chi connectivity index (χ1n) is 11.0. The fourth-order valence-electron chi connectivity index (χ4n) is 3.57. The summed E-state index contributed by atoms with van der Waals surface area (Å²) in [6.45, 7) is 6.92. The first-order chi connectivity index (χ1) is 16.7. The van der Waals surface area contributed by atoms with Gasteiger partial charge in [-0.2, -0.15) is 0 Å². The van der Waals surface area contributed by atoms with Crippen LogP contribution in [0.5, 0.6) is 0 Å². The molecule has 0 aliphatic rings. The smallest absolute Gasteiger partial charge is 0.261 e. The van der Waals surface area contributed by atoms with Crippen LogP contribution in [-0.2, 0) is 24.8 Å². The van der Waals surface area contributed by atoms with Crippen LogP contribution in [0.1, 0.15) is 23.6 Å². The van der Waals surface area contributed by atoms with Gasteiger partial charge in [-0.3, -0.25) is 13.8 Å². The number of halogens is 1. The zero-order valence-electron chi connectivity index (χ0n) is 20.5. The Labute approximate surface area is 217 Å². The van der Waals surface area contributed by atoms with Crippen molar-refractivity contribution in [2.75, 3.05) is 20.6 Å². The van der Waals surface area contributed by atoms with Crippen LogP contribution in [-0.4, -0.2) is 35.0 Å². The third-order valence-corrected chi connectivity index (χ3v) is 8.58. The Kier molecular flexibility index (Phi) is 8.02. The van der Waals surface area contributed by atoms with Crippen molar-refractivity contribution in [3.8, 4) is 0 Å². The second kappa shape index (κ2) is 10.5. The van der Waals surface area contributed by atoms with E-state index in [9.17, 15) is 21.6 Å². The van der Waals surface area contributed by atoms with Crippen molar-refractivity contribution < 1.29 is 21.6 Å². The third-order valence-electron chi connectivity index (χ3n) is 5.55. The lowest BCUT2D eigenvalue weighted by atomic mass is 10.1. The van der Waals surface area contributed by atoms with Crippen LogP contribution >= 0.6 is 11.6 Å². The average molecular weight is 550 g/mol. The molecule has 0 saturated carbocycles. The molecule has 0 bridgehead atoms. The van der Waals surface area contributed by atoms with E-state index in [0.717, 1.165) is 21.7 Å². The molecule has 0 saturated heterocycles.